The second-order valence-electron chi connectivity index (χ2n) is 13.5. The standard InChI is InChI=1S/C35H48ClN3O10S/c1-19-10-9-11-26(46-7)35(45)18-25(47-33(44)37-35)20(2)31-34(4,49-31)27(48-32(43)21(3)38(5)28(41)12-13-50-8)17-29(42)39(6)23-15-22(14-19)16-24(40)30(23)36/h9-11,15-16,20-21,25-27,31,40,45H,12-14,17-18H2,1-8H3,(H,37,44)/b11-9+,19-10+/t20-,21+,25+,26-,27+,31+,34+,35+/m1/s1. The summed E-state index contributed by atoms with van der Waals surface area (Å²) in [4.78, 5) is 55.6. The Kier molecular flexibility index (Phi) is 12.6. The van der Waals surface area contributed by atoms with E-state index in [4.69, 9.17) is 30.5 Å². The normalized spacial score (nSPS) is 32.4. The van der Waals surface area contributed by atoms with Crippen LogP contribution < -0.4 is 10.2 Å². The number of likely N-dealkylation sites (N-methyl/N-ethyl adjacent to an activating group) is 1. The highest BCUT2D eigenvalue weighted by Crippen LogP contribution is 2.49. The Morgan fingerprint density at radius 1 is 1.30 bits per heavy atom. The van der Waals surface area contributed by atoms with Gasteiger partial charge in [-0.3, -0.25) is 14.9 Å². The molecule has 0 spiro atoms. The molecule has 8 atom stereocenters. The maximum absolute atomic E-state index is 14.0. The highest BCUT2D eigenvalue weighted by molar-refractivity contribution is 7.98. The van der Waals surface area contributed by atoms with Crippen molar-refractivity contribution >= 4 is 52.9 Å². The molecular formula is C35H48ClN3O10S. The summed E-state index contributed by atoms with van der Waals surface area (Å²) in [5.74, 6) is -1.61. The Hall–Kier alpha value is -3.30. The molecule has 3 heterocycles. The van der Waals surface area contributed by atoms with Crippen LogP contribution in [0.1, 0.15) is 52.5 Å². The van der Waals surface area contributed by atoms with Crippen molar-refractivity contribution in [1.29, 1.82) is 0 Å². The predicted molar refractivity (Wildman–Crippen MR) is 189 cm³/mol. The number of aromatic hydroxyl groups is 1. The van der Waals surface area contributed by atoms with Crippen molar-refractivity contribution in [2.75, 3.05) is 38.1 Å². The van der Waals surface area contributed by atoms with Crippen molar-refractivity contribution < 1.29 is 48.3 Å². The van der Waals surface area contributed by atoms with Crippen LogP contribution in [0.2, 0.25) is 5.02 Å². The summed E-state index contributed by atoms with van der Waals surface area (Å²) >= 11 is 8.02. The van der Waals surface area contributed by atoms with Gasteiger partial charge in [-0.1, -0.05) is 42.3 Å². The number of hydrogen-bond donors (Lipinski definition) is 3. The average molecular weight is 738 g/mol. The summed E-state index contributed by atoms with van der Waals surface area (Å²) < 4.78 is 23.4. The van der Waals surface area contributed by atoms with Gasteiger partial charge in [0.25, 0.3) is 0 Å². The van der Waals surface area contributed by atoms with Crippen LogP contribution in [0.25, 0.3) is 0 Å². The maximum atomic E-state index is 14.0. The van der Waals surface area contributed by atoms with Crippen LogP contribution in [-0.2, 0) is 39.8 Å². The number of aliphatic hydroxyl groups is 1. The minimum atomic E-state index is -1.83. The quantitative estimate of drug-likeness (QED) is 0.274. The Bertz CT molecular complexity index is 1540. The summed E-state index contributed by atoms with van der Waals surface area (Å²) in [7, 11) is 4.45. The molecule has 3 aliphatic rings. The first-order valence-electron chi connectivity index (χ1n) is 16.4. The lowest BCUT2D eigenvalue weighted by atomic mass is 9.83. The van der Waals surface area contributed by atoms with Gasteiger partial charge in [-0.15, -0.1) is 0 Å². The van der Waals surface area contributed by atoms with E-state index >= 15 is 0 Å². The summed E-state index contributed by atoms with van der Waals surface area (Å²) in [5, 5.41) is 24.8. The smallest absolute Gasteiger partial charge is 0.409 e. The Balaban J connectivity index is 1.74. The van der Waals surface area contributed by atoms with Gasteiger partial charge in [0.05, 0.1) is 18.2 Å². The number of amides is 3. The fraction of sp³-hybridized carbons (Fsp3) is 0.600. The molecular weight excluding hydrogens is 690 g/mol. The first-order chi connectivity index (χ1) is 23.4. The van der Waals surface area contributed by atoms with Crippen molar-refractivity contribution in [3.05, 3.63) is 46.5 Å². The van der Waals surface area contributed by atoms with Crippen LogP contribution in [-0.4, -0.2) is 114 Å². The van der Waals surface area contributed by atoms with Crippen molar-refractivity contribution in [1.82, 2.24) is 10.2 Å². The molecule has 0 aliphatic carbocycles. The van der Waals surface area contributed by atoms with E-state index in [-0.39, 0.29) is 41.6 Å². The number of alkyl carbamates (subject to hydrolysis) is 1. The topological polar surface area (TPSA) is 167 Å². The number of methoxy groups -OCH3 is 1. The van der Waals surface area contributed by atoms with Gasteiger partial charge in [-0.2, -0.15) is 11.8 Å². The van der Waals surface area contributed by atoms with Crippen LogP contribution in [0.4, 0.5) is 10.5 Å². The van der Waals surface area contributed by atoms with E-state index in [1.54, 1.807) is 39.0 Å². The first kappa shape index (κ1) is 39.5. The number of ether oxygens (including phenoxy) is 4. The fourth-order valence-electron chi connectivity index (χ4n) is 6.45. The van der Waals surface area contributed by atoms with E-state index in [0.717, 1.165) is 5.57 Å². The molecule has 0 saturated carbocycles. The molecule has 276 valence electrons. The van der Waals surface area contributed by atoms with Crippen molar-refractivity contribution in [2.24, 2.45) is 5.92 Å². The van der Waals surface area contributed by atoms with Crippen molar-refractivity contribution in [2.45, 2.75) is 95.2 Å². The zero-order valence-corrected chi connectivity index (χ0v) is 31.3. The van der Waals surface area contributed by atoms with E-state index < -0.39 is 65.7 Å². The summed E-state index contributed by atoms with van der Waals surface area (Å²) in [5.41, 5.74) is -1.26. The number of benzene rings is 1. The van der Waals surface area contributed by atoms with Gasteiger partial charge in [0.1, 0.15) is 40.7 Å². The zero-order chi connectivity index (χ0) is 37.1. The van der Waals surface area contributed by atoms with Crippen LogP contribution in [0.3, 0.4) is 0 Å². The van der Waals surface area contributed by atoms with Gasteiger partial charge in [0, 0.05) is 45.7 Å². The first-order valence-corrected chi connectivity index (χ1v) is 18.2. The van der Waals surface area contributed by atoms with Crippen LogP contribution in [0.15, 0.2) is 35.9 Å². The second-order valence-corrected chi connectivity index (χ2v) is 14.8. The SMILES string of the molecule is CO[C@@H]1/C=C/C=C(\C)Cc2cc(O)c(Cl)c(c2)N(C)C(=O)C[C@H](OC(=O)[C@H](C)N(C)C(=O)CCSC)[C@]2(C)O[C@H]2[C@H](C)[C@@H]2C[C@@]1(O)NC(=O)O2. The lowest BCUT2D eigenvalue weighted by Gasteiger charge is -2.42. The monoisotopic (exact) mass is 737 g/mol. The number of nitrogens with one attached hydrogen (secondary N) is 1. The summed E-state index contributed by atoms with van der Waals surface area (Å²) in [6.07, 6.45) is 2.78. The minimum absolute atomic E-state index is 0.0253. The number of epoxide rings is 1. The lowest BCUT2D eigenvalue weighted by molar-refractivity contribution is -0.161. The molecule has 2 saturated heterocycles. The Morgan fingerprint density at radius 3 is 2.66 bits per heavy atom. The summed E-state index contributed by atoms with van der Waals surface area (Å²) in [6.45, 7) is 6.91. The molecule has 15 heteroatoms. The molecule has 0 unspecified atom stereocenters. The number of rotatable bonds is 7. The molecule has 50 heavy (non-hydrogen) atoms. The third-order valence-corrected chi connectivity index (χ3v) is 10.8. The number of anilines is 1. The number of esters is 1. The average Bonchev–Trinajstić information content (AvgIpc) is 3.76. The number of nitrogens with zero attached hydrogens (tertiary/aromatic N) is 2. The largest absolute Gasteiger partial charge is 0.506 e. The highest BCUT2D eigenvalue weighted by atomic mass is 35.5. The van der Waals surface area contributed by atoms with Gasteiger partial charge in [0.15, 0.2) is 5.72 Å². The molecule has 1 aromatic carbocycles. The molecule has 3 aliphatic heterocycles. The van der Waals surface area contributed by atoms with Gasteiger partial charge in [-0.25, -0.2) is 9.59 Å². The van der Waals surface area contributed by atoms with Crippen LogP contribution >= 0.6 is 23.4 Å². The number of fused-ring (bicyclic) bond motifs is 5. The number of carbonyl (C=O) groups excluding carboxylic acids is 4. The van der Waals surface area contributed by atoms with E-state index in [2.05, 4.69) is 5.32 Å². The molecule has 0 radical (unpaired) electrons. The number of allylic oxidation sites excluding steroid dienone is 3. The molecule has 4 rings (SSSR count). The third kappa shape index (κ3) is 8.59. The second kappa shape index (κ2) is 15.9. The molecule has 1 aromatic rings. The molecule has 4 bridgehead atoms. The van der Waals surface area contributed by atoms with E-state index in [0.29, 0.717) is 17.7 Å². The Labute approximate surface area is 302 Å². The third-order valence-electron chi connectivity index (χ3n) is 9.84. The molecule has 3 N–H and O–H groups in total. The van der Waals surface area contributed by atoms with Crippen molar-refractivity contribution in [3.8, 4) is 5.75 Å². The molecule has 3 amide bonds. The molecule has 0 aromatic heterocycles. The van der Waals surface area contributed by atoms with Gasteiger partial charge in [0.2, 0.25) is 11.8 Å². The van der Waals surface area contributed by atoms with Crippen molar-refractivity contribution in [3.63, 3.8) is 0 Å². The number of carbonyl (C=O) groups is 4. The van der Waals surface area contributed by atoms with Gasteiger partial charge >= 0.3 is 12.1 Å². The van der Waals surface area contributed by atoms with Gasteiger partial charge in [-0.05, 0) is 51.1 Å². The number of phenols is 1. The fourth-order valence-corrected chi connectivity index (χ4v) is 7.06. The number of halogens is 1. The van der Waals surface area contributed by atoms with Gasteiger partial charge < -0.3 is 39.0 Å². The predicted octanol–water partition coefficient (Wildman–Crippen LogP) is 3.96. The van der Waals surface area contributed by atoms with Crippen LogP contribution in [0, 0.1) is 5.92 Å². The van der Waals surface area contributed by atoms with E-state index in [1.807, 2.05) is 19.3 Å². The lowest BCUT2D eigenvalue weighted by Crippen LogP contribution is -2.63. The number of hydrogen-bond acceptors (Lipinski definition) is 11. The minimum Gasteiger partial charge on any atom is -0.506 e. The van der Waals surface area contributed by atoms with E-state index in [9.17, 15) is 29.4 Å². The number of phenolic OH excluding ortho intramolecular Hbond substituents is 1. The van der Waals surface area contributed by atoms with E-state index in [1.165, 1.54) is 48.8 Å². The Morgan fingerprint density at radius 2 is 2.00 bits per heavy atom. The number of thioether (sulfide) groups is 1. The summed E-state index contributed by atoms with van der Waals surface area (Å²) in [6, 6.07) is 2.25. The zero-order valence-electron chi connectivity index (χ0n) is 29.7. The highest BCUT2D eigenvalue weighted by Gasteiger charge is 2.64. The van der Waals surface area contributed by atoms with Crippen LogP contribution in [0.5, 0.6) is 5.75 Å². The maximum Gasteiger partial charge on any atom is 0.409 e. The molecule has 13 nitrogen and oxygen atoms in total. The molecule has 2 fully saturated rings.